The summed E-state index contributed by atoms with van der Waals surface area (Å²) in [4.78, 5) is 2.14. The Labute approximate surface area is 150 Å². The Kier molecular flexibility index (Phi) is 6.53. The molecule has 1 aromatic rings. The maximum absolute atomic E-state index is 4.09. The molecule has 0 saturated heterocycles. The third-order valence-corrected chi connectivity index (χ3v) is 4.03. The minimum absolute atomic E-state index is 0. The number of allylic oxidation sites excluding steroid dienone is 3. The number of likely N-dealkylation sites (N-methyl/N-ethyl adjacent to an activating group) is 1. The van der Waals surface area contributed by atoms with E-state index >= 15 is 0 Å². The largest absolute Gasteiger partial charge is 0.375 e. The van der Waals surface area contributed by atoms with Crippen molar-refractivity contribution in [1.29, 1.82) is 0 Å². The van der Waals surface area contributed by atoms with E-state index in [0.29, 0.717) is 0 Å². The summed E-state index contributed by atoms with van der Waals surface area (Å²) in [5, 5.41) is 0. The van der Waals surface area contributed by atoms with Gasteiger partial charge in [-0.2, -0.15) is 12.2 Å². The molecule has 1 heterocycles. The Balaban J connectivity index is 0.00000162. The monoisotopic (exact) mass is 441 g/mol. The molecule has 91 valence electrons. The fourth-order valence-corrected chi connectivity index (χ4v) is 2.58. The first-order valence-corrected chi connectivity index (χ1v) is 6.94. The topological polar surface area (TPSA) is 3.24 Å². The molecule has 1 radical (unpaired) electrons. The molecule has 0 atom stereocenters. The van der Waals surface area contributed by atoms with Crippen LogP contribution in [0.2, 0.25) is 0 Å². The molecule has 0 aromatic heterocycles. The van der Waals surface area contributed by atoms with Gasteiger partial charge in [-0.1, -0.05) is 56.5 Å². The fraction of sp³-hybridized carbons (Fsp3) is 0.143. The van der Waals surface area contributed by atoms with Crippen molar-refractivity contribution in [1.82, 2.24) is 4.90 Å². The Morgan fingerprint density at radius 2 is 1.94 bits per heavy atom. The minimum atomic E-state index is 0. The summed E-state index contributed by atoms with van der Waals surface area (Å²) in [5.41, 5.74) is 3.15. The molecule has 0 fully saturated rings. The average molecular weight is 443 g/mol. The van der Waals surface area contributed by atoms with E-state index in [9.17, 15) is 0 Å². The molecular formula is C14H12Br2NY-. The summed E-state index contributed by atoms with van der Waals surface area (Å²) >= 11 is 7.06. The van der Waals surface area contributed by atoms with Crippen LogP contribution in [-0.4, -0.2) is 11.4 Å². The molecule has 4 heteroatoms. The van der Waals surface area contributed by atoms with Gasteiger partial charge in [0.2, 0.25) is 0 Å². The van der Waals surface area contributed by atoms with Crippen molar-refractivity contribution in [3.05, 3.63) is 63.2 Å². The Morgan fingerprint density at radius 3 is 2.56 bits per heavy atom. The molecular weight excluding hydrogens is 431 g/mol. The van der Waals surface area contributed by atoms with Gasteiger partial charge in [-0.25, -0.2) is 0 Å². The molecule has 1 aromatic carbocycles. The zero-order chi connectivity index (χ0) is 12.4. The predicted molar refractivity (Wildman–Crippen MR) is 79.3 cm³/mol. The summed E-state index contributed by atoms with van der Waals surface area (Å²) in [6, 6.07) is 8.15. The van der Waals surface area contributed by atoms with Gasteiger partial charge in [0.1, 0.15) is 0 Å². The molecule has 1 aliphatic heterocycles. The van der Waals surface area contributed by atoms with Crippen LogP contribution in [0.4, 0.5) is 0 Å². The van der Waals surface area contributed by atoms with Gasteiger partial charge < -0.3 is 4.90 Å². The SMILES string of the molecule is C=C1C(Br)=C[C-]=C(c2ccccc2Br)N1CC.[Y]. The van der Waals surface area contributed by atoms with Gasteiger partial charge in [0, 0.05) is 39.3 Å². The van der Waals surface area contributed by atoms with Crippen LogP contribution in [0.1, 0.15) is 12.5 Å². The van der Waals surface area contributed by atoms with Gasteiger partial charge in [-0.15, -0.1) is 22.0 Å². The predicted octanol–water partition coefficient (Wildman–Crippen LogP) is 4.72. The van der Waals surface area contributed by atoms with E-state index in [1.807, 2.05) is 24.3 Å². The van der Waals surface area contributed by atoms with Gasteiger partial charge in [0.25, 0.3) is 0 Å². The third-order valence-electron chi connectivity index (χ3n) is 2.65. The Morgan fingerprint density at radius 1 is 1.28 bits per heavy atom. The minimum Gasteiger partial charge on any atom is -0.375 e. The van der Waals surface area contributed by atoms with E-state index in [1.54, 1.807) is 0 Å². The molecule has 0 saturated carbocycles. The van der Waals surface area contributed by atoms with Crippen LogP contribution in [0.25, 0.3) is 5.70 Å². The normalized spacial score (nSPS) is 14.8. The van der Waals surface area contributed by atoms with Crippen molar-refractivity contribution in [2.75, 3.05) is 6.54 Å². The van der Waals surface area contributed by atoms with Gasteiger partial charge in [-0.05, 0) is 17.1 Å². The summed E-state index contributed by atoms with van der Waals surface area (Å²) in [6.07, 6.45) is 5.22. The van der Waals surface area contributed by atoms with E-state index in [2.05, 4.69) is 62.4 Å². The van der Waals surface area contributed by atoms with E-state index in [4.69, 9.17) is 0 Å². The summed E-state index contributed by atoms with van der Waals surface area (Å²) < 4.78 is 2.05. The second-order valence-corrected chi connectivity index (χ2v) is 5.36. The first kappa shape index (κ1) is 16.4. The summed E-state index contributed by atoms with van der Waals surface area (Å²) in [5.74, 6) is 0. The maximum Gasteiger partial charge on any atom is 0.0169 e. The van der Waals surface area contributed by atoms with Gasteiger partial charge in [0.15, 0.2) is 0 Å². The van der Waals surface area contributed by atoms with E-state index in [1.165, 1.54) is 0 Å². The standard InChI is InChI=1S/C14H12Br2N.Y/c1-3-17-10(2)12(15)8-9-14(17)11-6-4-5-7-13(11)16;/h4-8H,2-3H2,1H3;/q-1;. The fourth-order valence-electron chi connectivity index (χ4n) is 1.78. The number of halogens is 2. The molecule has 0 amide bonds. The molecule has 0 aliphatic carbocycles. The van der Waals surface area contributed by atoms with Gasteiger partial charge >= 0.3 is 0 Å². The number of benzene rings is 1. The molecule has 18 heavy (non-hydrogen) atoms. The van der Waals surface area contributed by atoms with Crippen molar-refractivity contribution < 1.29 is 32.7 Å². The molecule has 0 N–H and O–H groups in total. The van der Waals surface area contributed by atoms with Crippen LogP contribution < -0.4 is 0 Å². The summed E-state index contributed by atoms with van der Waals surface area (Å²) in [6.45, 7) is 7.06. The third kappa shape index (κ3) is 3.24. The summed E-state index contributed by atoms with van der Waals surface area (Å²) in [7, 11) is 0. The first-order chi connectivity index (χ1) is 8.15. The molecule has 0 spiro atoms. The van der Waals surface area contributed by atoms with Crippen LogP contribution in [0, 0.1) is 6.08 Å². The van der Waals surface area contributed by atoms with Crippen molar-refractivity contribution in [3.63, 3.8) is 0 Å². The van der Waals surface area contributed by atoms with Crippen molar-refractivity contribution >= 4 is 37.6 Å². The smallest absolute Gasteiger partial charge is 0.0169 e. The van der Waals surface area contributed by atoms with E-state index in [0.717, 1.165) is 32.5 Å². The zero-order valence-electron chi connectivity index (χ0n) is 10.1. The van der Waals surface area contributed by atoms with Gasteiger partial charge in [0.05, 0.1) is 0 Å². The van der Waals surface area contributed by atoms with Crippen LogP contribution >= 0.6 is 31.9 Å². The van der Waals surface area contributed by atoms with E-state index in [-0.39, 0.29) is 32.7 Å². The first-order valence-electron chi connectivity index (χ1n) is 5.36. The van der Waals surface area contributed by atoms with Crippen LogP contribution in [-0.2, 0) is 32.7 Å². The zero-order valence-corrected chi connectivity index (χ0v) is 16.1. The quantitative estimate of drug-likeness (QED) is 0.599. The van der Waals surface area contributed by atoms with Crippen molar-refractivity contribution in [2.45, 2.75) is 6.92 Å². The van der Waals surface area contributed by atoms with Crippen molar-refractivity contribution in [3.8, 4) is 0 Å². The average Bonchev–Trinajstić information content (AvgIpc) is 2.33. The van der Waals surface area contributed by atoms with Crippen LogP contribution in [0.3, 0.4) is 0 Å². The molecule has 0 bridgehead atoms. The second-order valence-electron chi connectivity index (χ2n) is 3.66. The Bertz CT molecular complexity index is 520. The number of nitrogens with zero attached hydrogens (tertiary/aromatic N) is 1. The number of hydrogen-bond donors (Lipinski definition) is 0. The molecule has 1 aliphatic rings. The van der Waals surface area contributed by atoms with Crippen molar-refractivity contribution in [2.24, 2.45) is 0 Å². The maximum atomic E-state index is 4.09. The van der Waals surface area contributed by atoms with Crippen LogP contribution in [0.15, 0.2) is 51.6 Å². The second kappa shape index (κ2) is 7.18. The van der Waals surface area contributed by atoms with E-state index < -0.39 is 0 Å². The number of hydrogen-bond acceptors (Lipinski definition) is 1. The number of rotatable bonds is 2. The molecule has 1 nitrogen and oxygen atoms in total. The van der Waals surface area contributed by atoms with Gasteiger partial charge in [-0.3, -0.25) is 0 Å². The molecule has 2 rings (SSSR count). The molecule has 0 unspecified atom stereocenters. The Hall–Kier alpha value is 0.304. The van der Waals surface area contributed by atoms with Crippen LogP contribution in [0.5, 0.6) is 0 Å².